The smallest absolute Gasteiger partial charge is 0.338 e. The lowest BCUT2D eigenvalue weighted by Gasteiger charge is -2.38. The Kier molecular flexibility index (Phi) is 8.61. The van der Waals surface area contributed by atoms with E-state index < -0.39 is 12.0 Å². The van der Waals surface area contributed by atoms with Gasteiger partial charge in [-0.05, 0) is 49.6 Å². The first-order chi connectivity index (χ1) is 17.5. The van der Waals surface area contributed by atoms with Gasteiger partial charge in [0.2, 0.25) is 0 Å². The van der Waals surface area contributed by atoms with Crippen molar-refractivity contribution in [2.45, 2.75) is 44.9 Å². The van der Waals surface area contributed by atoms with Crippen molar-refractivity contribution in [2.75, 3.05) is 33.9 Å². The number of carbonyl (C=O) groups excluding carboxylic acids is 2. The minimum atomic E-state index is -0.658. The molecule has 8 nitrogen and oxygen atoms in total. The molecule has 2 amide bonds. The normalized spacial score (nSPS) is 20.5. The summed E-state index contributed by atoms with van der Waals surface area (Å²) in [6.07, 6.45) is 3.24. The van der Waals surface area contributed by atoms with Crippen molar-refractivity contribution in [3.05, 3.63) is 76.5 Å². The lowest BCUT2D eigenvalue weighted by atomic mass is 9.92. The van der Waals surface area contributed by atoms with E-state index in [1.54, 1.807) is 21.1 Å². The number of esters is 1. The molecule has 0 spiro atoms. The van der Waals surface area contributed by atoms with Gasteiger partial charge in [0.25, 0.3) is 0 Å². The molecule has 2 heterocycles. The number of hydrogen-bond acceptors (Lipinski definition) is 6. The summed E-state index contributed by atoms with van der Waals surface area (Å²) in [5.41, 5.74) is 3.83. The van der Waals surface area contributed by atoms with Crippen LogP contribution in [0.15, 0.2) is 59.8 Å². The number of methoxy groups -OCH3 is 2. The van der Waals surface area contributed by atoms with E-state index in [1.165, 1.54) is 5.56 Å². The van der Waals surface area contributed by atoms with Crippen molar-refractivity contribution in [1.82, 2.24) is 15.5 Å². The molecule has 36 heavy (non-hydrogen) atoms. The van der Waals surface area contributed by atoms with Crippen LogP contribution in [0.5, 0.6) is 5.75 Å². The van der Waals surface area contributed by atoms with Crippen LogP contribution in [0.1, 0.15) is 55.0 Å². The Morgan fingerprint density at radius 2 is 1.89 bits per heavy atom. The number of likely N-dealkylation sites (tertiary alicyclic amines) is 1. The van der Waals surface area contributed by atoms with Crippen LogP contribution >= 0.6 is 0 Å². The lowest BCUT2D eigenvalue weighted by molar-refractivity contribution is -0.139. The second-order valence-corrected chi connectivity index (χ2v) is 9.04. The molecule has 0 aromatic heterocycles. The van der Waals surface area contributed by atoms with Crippen LogP contribution in [0.4, 0.5) is 4.79 Å². The Bertz CT molecular complexity index is 1100. The van der Waals surface area contributed by atoms with Gasteiger partial charge in [-0.25, -0.2) is 9.59 Å². The molecule has 2 N–H and O–H groups in total. The van der Waals surface area contributed by atoms with Crippen LogP contribution < -0.4 is 15.4 Å². The molecule has 1 saturated heterocycles. The minimum Gasteiger partial charge on any atom is -0.496 e. The van der Waals surface area contributed by atoms with E-state index in [2.05, 4.69) is 39.8 Å². The number of rotatable bonds is 9. The van der Waals surface area contributed by atoms with Crippen molar-refractivity contribution < 1.29 is 23.8 Å². The first-order valence-corrected chi connectivity index (χ1v) is 12.5. The molecule has 2 atom stereocenters. The summed E-state index contributed by atoms with van der Waals surface area (Å²) in [6.45, 7) is 3.69. The molecule has 0 bridgehead atoms. The number of ether oxygens (including phenoxy) is 3. The predicted molar refractivity (Wildman–Crippen MR) is 136 cm³/mol. The molecule has 192 valence electrons. The van der Waals surface area contributed by atoms with Gasteiger partial charge in [0.05, 0.1) is 31.9 Å². The second kappa shape index (κ2) is 12.1. The molecule has 0 unspecified atom stereocenters. The zero-order valence-electron chi connectivity index (χ0n) is 21.2. The third-order valence-corrected chi connectivity index (χ3v) is 6.75. The first-order valence-electron chi connectivity index (χ1n) is 12.5. The third kappa shape index (κ3) is 5.71. The van der Waals surface area contributed by atoms with Gasteiger partial charge in [-0.1, -0.05) is 42.8 Å². The van der Waals surface area contributed by atoms with Crippen LogP contribution in [0, 0.1) is 0 Å². The highest BCUT2D eigenvalue weighted by molar-refractivity contribution is 5.95. The maximum Gasteiger partial charge on any atom is 0.338 e. The SMILES string of the molecule is CCOC(=O)C1=C(CN2CCCC[C@@H]2c2ccccc2)NC(=O)N[C@@H]1c1ccc(OC)c(COC)c1. The average Bonchev–Trinajstić information content (AvgIpc) is 2.89. The molecular formula is C28H35N3O5. The Morgan fingerprint density at radius 1 is 1.08 bits per heavy atom. The van der Waals surface area contributed by atoms with E-state index in [0.717, 1.165) is 36.9 Å². The summed E-state index contributed by atoms with van der Waals surface area (Å²) in [5, 5.41) is 5.85. The van der Waals surface area contributed by atoms with Crippen molar-refractivity contribution >= 4 is 12.0 Å². The molecular weight excluding hydrogens is 458 g/mol. The summed E-state index contributed by atoms with van der Waals surface area (Å²) < 4.78 is 16.3. The Hall–Kier alpha value is -3.36. The maximum atomic E-state index is 13.3. The van der Waals surface area contributed by atoms with Crippen molar-refractivity contribution in [1.29, 1.82) is 0 Å². The Morgan fingerprint density at radius 3 is 2.61 bits per heavy atom. The summed E-state index contributed by atoms with van der Waals surface area (Å²) in [6, 6.07) is 15.2. The van der Waals surface area contributed by atoms with Gasteiger partial charge in [0.1, 0.15) is 5.75 Å². The summed E-state index contributed by atoms with van der Waals surface area (Å²) in [7, 11) is 3.21. The van der Waals surface area contributed by atoms with Crippen LogP contribution in [-0.2, 0) is 20.9 Å². The maximum absolute atomic E-state index is 13.3. The van der Waals surface area contributed by atoms with Crippen LogP contribution in [-0.4, -0.2) is 50.8 Å². The minimum absolute atomic E-state index is 0.218. The van der Waals surface area contributed by atoms with Gasteiger partial charge >= 0.3 is 12.0 Å². The fraction of sp³-hybridized carbons (Fsp3) is 0.429. The van der Waals surface area contributed by atoms with Crippen molar-refractivity contribution in [3.8, 4) is 5.75 Å². The third-order valence-electron chi connectivity index (χ3n) is 6.75. The van der Waals surface area contributed by atoms with Gasteiger partial charge in [-0.15, -0.1) is 0 Å². The predicted octanol–water partition coefficient (Wildman–Crippen LogP) is 4.24. The number of piperidine rings is 1. The van der Waals surface area contributed by atoms with E-state index in [-0.39, 0.29) is 18.7 Å². The van der Waals surface area contributed by atoms with Gasteiger partial charge < -0.3 is 24.8 Å². The lowest BCUT2D eigenvalue weighted by Crippen LogP contribution is -2.49. The number of benzene rings is 2. The first kappa shape index (κ1) is 25.7. The van der Waals surface area contributed by atoms with Gasteiger partial charge in [-0.3, -0.25) is 4.90 Å². The molecule has 0 saturated carbocycles. The summed E-state index contributed by atoms with van der Waals surface area (Å²) >= 11 is 0. The van der Waals surface area contributed by atoms with E-state index in [9.17, 15) is 9.59 Å². The number of hydrogen-bond donors (Lipinski definition) is 2. The van der Waals surface area contributed by atoms with Crippen molar-refractivity contribution in [2.24, 2.45) is 0 Å². The Labute approximate surface area is 212 Å². The fourth-order valence-corrected chi connectivity index (χ4v) is 5.12. The highest BCUT2D eigenvalue weighted by Crippen LogP contribution is 2.35. The second-order valence-electron chi connectivity index (χ2n) is 9.04. The van der Waals surface area contributed by atoms with Gasteiger partial charge in [0, 0.05) is 31.0 Å². The number of amides is 2. The van der Waals surface area contributed by atoms with Gasteiger partial charge in [0.15, 0.2) is 0 Å². The Balaban J connectivity index is 1.74. The van der Waals surface area contributed by atoms with Crippen molar-refractivity contribution in [3.63, 3.8) is 0 Å². The quantitative estimate of drug-likeness (QED) is 0.508. The highest BCUT2D eigenvalue weighted by atomic mass is 16.5. The van der Waals surface area contributed by atoms with Gasteiger partial charge in [-0.2, -0.15) is 0 Å². The van der Waals surface area contributed by atoms with Crippen LogP contribution in [0.2, 0.25) is 0 Å². The largest absolute Gasteiger partial charge is 0.496 e. The molecule has 2 aliphatic rings. The monoisotopic (exact) mass is 493 g/mol. The molecule has 1 fully saturated rings. The number of nitrogens with zero attached hydrogens (tertiary/aromatic N) is 1. The fourth-order valence-electron chi connectivity index (χ4n) is 5.12. The molecule has 0 aliphatic carbocycles. The van der Waals surface area contributed by atoms with Crippen LogP contribution in [0.3, 0.4) is 0 Å². The average molecular weight is 494 g/mol. The summed E-state index contributed by atoms with van der Waals surface area (Å²) in [5.74, 6) is 0.240. The molecule has 2 aromatic rings. The topological polar surface area (TPSA) is 89.1 Å². The van der Waals surface area contributed by atoms with E-state index in [4.69, 9.17) is 14.2 Å². The standard InChI is InChI=1S/C28H35N3O5/c1-4-36-27(32)25-22(17-31-15-9-8-12-23(31)19-10-6-5-7-11-19)29-28(33)30-26(25)20-13-14-24(35-3)21(16-20)18-34-2/h5-7,10-11,13-14,16,23,26H,4,8-9,12,15,17-18H2,1-3H3,(H2,29,30,33)/t23-,26-/m1/s1. The zero-order valence-corrected chi connectivity index (χ0v) is 21.2. The molecule has 0 radical (unpaired) electrons. The molecule has 2 aliphatic heterocycles. The summed E-state index contributed by atoms with van der Waals surface area (Å²) in [4.78, 5) is 28.5. The number of nitrogens with one attached hydrogen (secondary N) is 2. The van der Waals surface area contributed by atoms with E-state index >= 15 is 0 Å². The molecule has 8 heteroatoms. The number of carbonyl (C=O) groups is 2. The highest BCUT2D eigenvalue weighted by Gasteiger charge is 2.36. The number of urea groups is 1. The molecule has 4 rings (SSSR count). The van der Waals surface area contributed by atoms with E-state index in [1.807, 2.05) is 24.3 Å². The zero-order chi connectivity index (χ0) is 25.5. The van der Waals surface area contributed by atoms with E-state index in [0.29, 0.717) is 30.2 Å². The molecule has 2 aromatic carbocycles. The van der Waals surface area contributed by atoms with Crippen LogP contribution in [0.25, 0.3) is 0 Å².